The molecule has 1 aliphatic heterocycles. The van der Waals surface area contributed by atoms with Crippen LogP contribution in [0.2, 0.25) is 0 Å². The lowest BCUT2D eigenvalue weighted by atomic mass is 9.96. The summed E-state index contributed by atoms with van der Waals surface area (Å²) in [5.41, 5.74) is 1.44. The van der Waals surface area contributed by atoms with Crippen molar-refractivity contribution in [1.82, 2.24) is 0 Å². The van der Waals surface area contributed by atoms with Crippen LogP contribution in [0.25, 0.3) is 0 Å². The van der Waals surface area contributed by atoms with Crippen LogP contribution in [0, 0.1) is 0 Å². The number of ether oxygens (including phenoxy) is 2. The summed E-state index contributed by atoms with van der Waals surface area (Å²) < 4.78 is 10.7. The van der Waals surface area contributed by atoms with Crippen LogP contribution in [-0.4, -0.2) is 19.0 Å². The SMILES string of the molecule is CC1=CCC2OCO[C@H]2C1. The summed E-state index contributed by atoms with van der Waals surface area (Å²) in [6.45, 7) is 2.65. The van der Waals surface area contributed by atoms with Crippen LogP contribution in [0.4, 0.5) is 0 Å². The average molecular weight is 140 g/mol. The lowest BCUT2D eigenvalue weighted by Gasteiger charge is -2.20. The summed E-state index contributed by atoms with van der Waals surface area (Å²) in [4.78, 5) is 0. The van der Waals surface area contributed by atoms with Crippen molar-refractivity contribution in [2.24, 2.45) is 0 Å². The van der Waals surface area contributed by atoms with E-state index < -0.39 is 0 Å². The van der Waals surface area contributed by atoms with Crippen molar-refractivity contribution in [3.8, 4) is 0 Å². The molecule has 1 fully saturated rings. The molecule has 2 nitrogen and oxygen atoms in total. The highest BCUT2D eigenvalue weighted by Gasteiger charge is 2.30. The smallest absolute Gasteiger partial charge is 0.147 e. The van der Waals surface area contributed by atoms with Crippen molar-refractivity contribution in [1.29, 1.82) is 0 Å². The largest absolute Gasteiger partial charge is 0.349 e. The summed E-state index contributed by atoms with van der Waals surface area (Å²) in [5, 5.41) is 0. The summed E-state index contributed by atoms with van der Waals surface area (Å²) in [5.74, 6) is 0. The molecule has 2 aliphatic rings. The first-order valence-corrected chi connectivity index (χ1v) is 3.75. The molecule has 0 radical (unpaired) electrons. The maximum Gasteiger partial charge on any atom is 0.147 e. The normalized spacial score (nSPS) is 39.1. The van der Waals surface area contributed by atoms with Gasteiger partial charge in [-0.05, 0) is 19.8 Å². The minimum atomic E-state index is 0.351. The van der Waals surface area contributed by atoms with Crippen LogP contribution in [0.15, 0.2) is 11.6 Å². The van der Waals surface area contributed by atoms with Gasteiger partial charge in [-0.3, -0.25) is 0 Å². The number of rotatable bonds is 0. The molecule has 2 heteroatoms. The topological polar surface area (TPSA) is 18.5 Å². The second-order valence-corrected chi connectivity index (χ2v) is 3.02. The minimum Gasteiger partial charge on any atom is -0.349 e. The van der Waals surface area contributed by atoms with Gasteiger partial charge in [-0.15, -0.1) is 0 Å². The van der Waals surface area contributed by atoms with Crippen molar-refractivity contribution in [2.75, 3.05) is 6.79 Å². The van der Waals surface area contributed by atoms with Crippen LogP contribution >= 0.6 is 0 Å². The predicted molar refractivity (Wildman–Crippen MR) is 37.6 cm³/mol. The highest BCUT2D eigenvalue weighted by Crippen LogP contribution is 2.27. The van der Waals surface area contributed by atoms with E-state index in [2.05, 4.69) is 13.0 Å². The third kappa shape index (κ3) is 0.976. The molecule has 0 aromatic rings. The Hall–Kier alpha value is -0.340. The van der Waals surface area contributed by atoms with Crippen molar-refractivity contribution >= 4 is 0 Å². The molecule has 1 saturated heterocycles. The molecular formula is C8H12O2. The number of fused-ring (bicyclic) bond motifs is 1. The molecule has 2 atom stereocenters. The van der Waals surface area contributed by atoms with Crippen molar-refractivity contribution < 1.29 is 9.47 Å². The average Bonchev–Trinajstić information content (AvgIpc) is 2.33. The van der Waals surface area contributed by atoms with E-state index in [0.29, 0.717) is 19.0 Å². The van der Waals surface area contributed by atoms with E-state index in [-0.39, 0.29) is 0 Å². The first kappa shape index (κ1) is 6.38. The van der Waals surface area contributed by atoms with Crippen LogP contribution in [0.5, 0.6) is 0 Å². The lowest BCUT2D eigenvalue weighted by Crippen LogP contribution is -2.25. The highest BCUT2D eigenvalue weighted by molar-refractivity contribution is 5.07. The van der Waals surface area contributed by atoms with Gasteiger partial charge < -0.3 is 9.47 Å². The molecule has 2 rings (SSSR count). The van der Waals surface area contributed by atoms with Gasteiger partial charge in [0.1, 0.15) is 6.79 Å². The second kappa shape index (κ2) is 2.36. The molecule has 0 N–H and O–H groups in total. The van der Waals surface area contributed by atoms with Crippen LogP contribution in [-0.2, 0) is 9.47 Å². The zero-order chi connectivity index (χ0) is 6.97. The van der Waals surface area contributed by atoms with Gasteiger partial charge in [0, 0.05) is 0 Å². The van der Waals surface area contributed by atoms with Crippen LogP contribution in [0.1, 0.15) is 19.8 Å². The lowest BCUT2D eigenvalue weighted by molar-refractivity contribution is 0.0401. The summed E-state index contributed by atoms with van der Waals surface area (Å²) in [6.07, 6.45) is 5.05. The Kier molecular flexibility index (Phi) is 1.51. The molecule has 0 saturated carbocycles. The van der Waals surface area contributed by atoms with Crippen molar-refractivity contribution in [3.63, 3.8) is 0 Å². The van der Waals surface area contributed by atoms with Gasteiger partial charge in [-0.25, -0.2) is 0 Å². The quantitative estimate of drug-likeness (QED) is 0.474. The van der Waals surface area contributed by atoms with E-state index in [1.165, 1.54) is 5.57 Å². The molecule has 0 spiro atoms. The molecule has 1 unspecified atom stereocenters. The zero-order valence-electron chi connectivity index (χ0n) is 6.17. The molecule has 56 valence electrons. The third-order valence-electron chi connectivity index (χ3n) is 2.20. The monoisotopic (exact) mass is 140 g/mol. The van der Waals surface area contributed by atoms with Crippen LogP contribution in [0.3, 0.4) is 0 Å². The maximum atomic E-state index is 5.36. The van der Waals surface area contributed by atoms with Gasteiger partial charge in [0.25, 0.3) is 0 Å². The first-order chi connectivity index (χ1) is 4.86. The second-order valence-electron chi connectivity index (χ2n) is 3.02. The molecule has 0 aromatic carbocycles. The van der Waals surface area contributed by atoms with Crippen molar-refractivity contribution in [3.05, 3.63) is 11.6 Å². The van der Waals surface area contributed by atoms with Crippen LogP contribution < -0.4 is 0 Å². The summed E-state index contributed by atoms with van der Waals surface area (Å²) in [7, 11) is 0. The Bertz CT molecular complexity index is 163. The molecule has 0 amide bonds. The van der Waals surface area contributed by atoms with E-state index in [0.717, 1.165) is 12.8 Å². The van der Waals surface area contributed by atoms with Crippen molar-refractivity contribution in [2.45, 2.75) is 32.0 Å². The van der Waals surface area contributed by atoms with E-state index in [4.69, 9.17) is 9.47 Å². The molecule has 1 heterocycles. The van der Waals surface area contributed by atoms with Gasteiger partial charge in [0.05, 0.1) is 12.2 Å². The number of hydrogen-bond acceptors (Lipinski definition) is 2. The van der Waals surface area contributed by atoms with E-state index in [9.17, 15) is 0 Å². The minimum absolute atomic E-state index is 0.351. The van der Waals surface area contributed by atoms with Gasteiger partial charge >= 0.3 is 0 Å². The van der Waals surface area contributed by atoms with E-state index in [1.54, 1.807) is 0 Å². The zero-order valence-corrected chi connectivity index (χ0v) is 6.17. The molecule has 0 bridgehead atoms. The molecular weight excluding hydrogens is 128 g/mol. The Balaban J connectivity index is 2.08. The Labute approximate surface area is 60.8 Å². The van der Waals surface area contributed by atoms with Gasteiger partial charge in [-0.1, -0.05) is 11.6 Å². The molecule has 0 aromatic heterocycles. The Morgan fingerprint density at radius 2 is 2.20 bits per heavy atom. The third-order valence-corrected chi connectivity index (χ3v) is 2.20. The highest BCUT2D eigenvalue weighted by atomic mass is 16.7. The molecule has 1 aliphatic carbocycles. The predicted octanol–water partition coefficient (Wildman–Crippen LogP) is 1.47. The first-order valence-electron chi connectivity index (χ1n) is 3.75. The summed E-state index contributed by atoms with van der Waals surface area (Å²) >= 11 is 0. The fraction of sp³-hybridized carbons (Fsp3) is 0.750. The van der Waals surface area contributed by atoms with E-state index >= 15 is 0 Å². The summed E-state index contributed by atoms with van der Waals surface area (Å²) in [6, 6.07) is 0. The Morgan fingerprint density at radius 3 is 3.10 bits per heavy atom. The van der Waals surface area contributed by atoms with Gasteiger partial charge in [0.15, 0.2) is 0 Å². The van der Waals surface area contributed by atoms with Gasteiger partial charge in [0.2, 0.25) is 0 Å². The fourth-order valence-electron chi connectivity index (χ4n) is 1.56. The fourth-order valence-corrected chi connectivity index (χ4v) is 1.56. The standard InChI is InChI=1S/C8H12O2/c1-6-2-3-7-8(4-6)10-5-9-7/h2,7-8H,3-5H2,1H3/t7?,8-/m0/s1. The van der Waals surface area contributed by atoms with E-state index in [1.807, 2.05) is 0 Å². The maximum absolute atomic E-state index is 5.36. The molecule has 10 heavy (non-hydrogen) atoms. The number of hydrogen-bond donors (Lipinski definition) is 0. The van der Waals surface area contributed by atoms with Gasteiger partial charge in [-0.2, -0.15) is 0 Å². The Morgan fingerprint density at radius 1 is 1.40 bits per heavy atom.